The van der Waals surface area contributed by atoms with Crippen LogP contribution in [0, 0.1) is 0 Å². The number of amides is 1. The third-order valence-electron chi connectivity index (χ3n) is 3.40. The lowest BCUT2D eigenvalue weighted by Crippen LogP contribution is -2.09. The van der Waals surface area contributed by atoms with E-state index in [9.17, 15) is 9.59 Å². The van der Waals surface area contributed by atoms with Crippen molar-refractivity contribution in [2.24, 2.45) is 0 Å². The SMILES string of the molecule is COc1ccc2[nH]c3cc(Cl)c(NC(C)=O)cc3c(=O)c2c1. The first-order chi connectivity index (χ1) is 10.5. The lowest BCUT2D eigenvalue weighted by molar-refractivity contribution is -0.114. The molecule has 0 bridgehead atoms. The van der Waals surface area contributed by atoms with Crippen LogP contribution < -0.4 is 15.5 Å². The number of pyridine rings is 1. The van der Waals surface area contributed by atoms with Crippen LogP contribution in [0.3, 0.4) is 0 Å². The topological polar surface area (TPSA) is 71.2 Å². The molecule has 0 fully saturated rings. The summed E-state index contributed by atoms with van der Waals surface area (Å²) in [5, 5.41) is 3.95. The number of ether oxygens (including phenoxy) is 1. The van der Waals surface area contributed by atoms with Crippen LogP contribution in [0.2, 0.25) is 5.02 Å². The van der Waals surface area contributed by atoms with Gasteiger partial charge in [0.05, 0.1) is 28.9 Å². The van der Waals surface area contributed by atoms with E-state index in [1.54, 1.807) is 37.4 Å². The Labute approximate surface area is 130 Å². The van der Waals surface area contributed by atoms with Crippen molar-refractivity contribution in [2.45, 2.75) is 6.92 Å². The molecule has 3 aromatic rings. The third kappa shape index (κ3) is 2.40. The fraction of sp³-hybridized carbons (Fsp3) is 0.125. The Morgan fingerprint density at radius 3 is 2.59 bits per heavy atom. The molecule has 6 heteroatoms. The van der Waals surface area contributed by atoms with Gasteiger partial charge in [0, 0.05) is 17.7 Å². The van der Waals surface area contributed by atoms with Gasteiger partial charge >= 0.3 is 0 Å². The molecule has 112 valence electrons. The molecule has 5 nitrogen and oxygen atoms in total. The highest BCUT2D eigenvalue weighted by atomic mass is 35.5. The van der Waals surface area contributed by atoms with E-state index in [1.807, 2.05) is 0 Å². The number of halogens is 1. The first kappa shape index (κ1) is 14.4. The maximum absolute atomic E-state index is 12.7. The number of H-pyrrole nitrogens is 1. The van der Waals surface area contributed by atoms with E-state index < -0.39 is 0 Å². The van der Waals surface area contributed by atoms with Crippen molar-refractivity contribution in [2.75, 3.05) is 12.4 Å². The Morgan fingerprint density at radius 1 is 1.18 bits per heavy atom. The van der Waals surface area contributed by atoms with Crippen LogP contribution in [0.25, 0.3) is 21.8 Å². The van der Waals surface area contributed by atoms with Crippen molar-refractivity contribution in [3.05, 3.63) is 45.6 Å². The van der Waals surface area contributed by atoms with Gasteiger partial charge in [-0.25, -0.2) is 0 Å². The number of aromatic nitrogens is 1. The van der Waals surface area contributed by atoms with Crippen molar-refractivity contribution < 1.29 is 9.53 Å². The molecule has 0 aliphatic heterocycles. The number of rotatable bonds is 2. The van der Waals surface area contributed by atoms with E-state index >= 15 is 0 Å². The molecule has 22 heavy (non-hydrogen) atoms. The summed E-state index contributed by atoms with van der Waals surface area (Å²) >= 11 is 6.14. The van der Waals surface area contributed by atoms with E-state index in [0.717, 1.165) is 0 Å². The second kappa shape index (κ2) is 5.35. The average molecular weight is 317 g/mol. The summed E-state index contributed by atoms with van der Waals surface area (Å²) in [4.78, 5) is 27.1. The summed E-state index contributed by atoms with van der Waals surface area (Å²) in [6, 6.07) is 8.45. The Morgan fingerprint density at radius 2 is 1.91 bits per heavy atom. The van der Waals surface area contributed by atoms with Gasteiger partial charge in [-0.3, -0.25) is 9.59 Å². The summed E-state index contributed by atoms with van der Waals surface area (Å²) < 4.78 is 5.15. The van der Waals surface area contributed by atoms with Crippen molar-refractivity contribution >= 4 is 45.0 Å². The normalized spacial score (nSPS) is 10.9. The zero-order valence-electron chi connectivity index (χ0n) is 12.0. The van der Waals surface area contributed by atoms with Crippen molar-refractivity contribution in [1.82, 2.24) is 4.98 Å². The maximum Gasteiger partial charge on any atom is 0.221 e. The summed E-state index contributed by atoms with van der Waals surface area (Å²) in [6.07, 6.45) is 0. The first-order valence-corrected chi connectivity index (χ1v) is 6.98. The zero-order valence-corrected chi connectivity index (χ0v) is 12.7. The Bertz CT molecular complexity index is 963. The number of carbonyl (C=O) groups excluding carboxylic acids is 1. The number of nitrogens with one attached hydrogen (secondary N) is 2. The highest BCUT2D eigenvalue weighted by Crippen LogP contribution is 2.28. The molecule has 0 radical (unpaired) electrons. The number of carbonyl (C=O) groups is 1. The number of hydrogen-bond acceptors (Lipinski definition) is 3. The summed E-state index contributed by atoms with van der Waals surface area (Å²) in [6.45, 7) is 1.38. The van der Waals surface area contributed by atoms with Gasteiger partial charge in [-0.1, -0.05) is 11.6 Å². The van der Waals surface area contributed by atoms with E-state index in [-0.39, 0.29) is 11.3 Å². The van der Waals surface area contributed by atoms with Crippen LogP contribution in [-0.4, -0.2) is 18.0 Å². The fourth-order valence-electron chi connectivity index (χ4n) is 2.39. The number of aromatic amines is 1. The fourth-order valence-corrected chi connectivity index (χ4v) is 2.60. The molecule has 1 amide bonds. The molecular formula is C16H13ClN2O3. The molecule has 3 rings (SSSR count). The van der Waals surface area contributed by atoms with Gasteiger partial charge in [0.1, 0.15) is 5.75 Å². The van der Waals surface area contributed by atoms with Crippen molar-refractivity contribution in [3.63, 3.8) is 0 Å². The van der Waals surface area contributed by atoms with Gasteiger partial charge in [-0.15, -0.1) is 0 Å². The number of fused-ring (bicyclic) bond motifs is 2. The van der Waals surface area contributed by atoms with Crippen LogP contribution >= 0.6 is 11.6 Å². The number of anilines is 1. The molecule has 1 heterocycles. The minimum atomic E-state index is -0.250. The van der Waals surface area contributed by atoms with Crippen LogP contribution in [0.4, 0.5) is 5.69 Å². The standard InChI is InChI=1S/C16H13ClN2O3/c1-8(20)18-15-6-11-14(7-12(15)17)19-13-4-3-9(22-2)5-10(13)16(11)21/h3-7H,1-2H3,(H,18,20)(H,19,21). The largest absolute Gasteiger partial charge is 0.497 e. The number of methoxy groups -OCH3 is 1. The van der Waals surface area contributed by atoms with E-state index in [0.29, 0.717) is 38.3 Å². The summed E-state index contributed by atoms with van der Waals surface area (Å²) in [5.41, 5.74) is 1.57. The number of benzene rings is 2. The molecule has 0 saturated heterocycles. The van der Waals surface area contributed by atoms with Gasteiger partial charge in [0.15, 0.2) is 5.43 Å². The molecular weight excluding hydrogens is 304 g/mol. The van der Waals surface area contributed by atoms with Gasteiger partial charge in [0.25, 0.3) is 0 Å². The van der Waals surface area contributed by atoms with Gasteiger partial charge < -0.3 is 15.0 Å². The molecule has 0 spiro atoms. The van der Waals surface area contributed by atoms with Gasteiger partial charge in [-0.2, -0.15) is 0 Å². The lowest BCUT2D eigenvalue weighted by Gasteiger charge is -2.09. The molecule has 2 N–H and O–H groups in total. The van der Waals surface area contributed by atoms with Crippen LogP contribution in [0.1, 0.15) is 6.92 Å². The Hall–Kier alpha value is -2.53. The predicted octanol–water partition coefficient (Wildman–Crippen LogP) is 3.30. The van der Waals surface area contributed by atoms with Crippen molar-refractivity contribution in [1.29, 1.82) is 0 Å². The molecule has 0 unspecified atom stereocenters. The Balaban J connectivity index is 2.35. The highest BCUT2D eigenvalue weighted by Gasteiger charge is 2.11. The monoisotopic (exact) mass is 316 g/mol. The van der Waals surface area contributed by atoms with Crippen LogP contribution in [0.5, 0.6) is 5.75 Å². The minimum Gasteiger partial charge on any atom is -0.497 e. The molecule has 0 saturated carbocycles. The molecule has 0 atom stereocenters. The maximum atomic E-state index is 12.7. The van der Waals surface area contributed by atoms with E-state index in [2.05, 4.69) is 10.3 Å². The van der Waals surface area contributed by atoms with Crippen molar-refractivity contribution in [3.8, 4) is 5.75 Å². The highest BCUT2D eigenvalue weighted by molar-refractivity contribution is 6.34. The quantitative estimate of drug-likeness (QED) is 0.713. The van der Waals surface area contributed by atoms with E-state index in [4.69, 9.17) is 16.3 Å². The van der Waals surface area contributed by atoms with Gasteiger partial charge in [0.2, 0.25) is 5.91 Å². The number of hydrogen-bond donors (Lipinski definition) is 2. The van der Waals surface area contributed by atoms with E-state index in [1.165, 1.54) is 6.92 Å². The second-order valence-electron chi connectivity index (χ2n) is 4.92. The molecule has 0 aliphatic carbocycles. The Kier molecular flexibility index (Phi) is 3.50. The first-order valence-electron chi connectivity index (χ1n) is 6.60. The van der Waals surface area contributed by atoms with Crippen LogP contribution in [-0.2, 0) is 4.79 Å². The molecule has 0 aliphatic rings. The smallest absolute Gasteiger partial charge is 0.221 e. The summed E-state index contributed by atoms with van der Waals surface area (Å²) in [5.74, 6) is 0.355. The molecule has 1 aromatic heterocycles. The second-order valence-corrected chi connectivity index (χ2v) is 5.33. The average Bonchev–Trinajstić information content (AvgIpc) is 2.48. The van der Waals surface area contributed by atoms with Crippen LogP contribution in [0.15, 0.2) is 35.1 Å². The zero-order chi connectivity index (χ0) is 15.9. The summed E-state index contributed by atoms with van der Waals surface area (Å²) in [7, 11) is 1.55. The predicted molar refractivity (Wildman–Crippen MR) is 87.9 cm³/mol. The minimum absolute atomic E-state index is 0.147. The van der Waals surface area contributed by atoms with Gasteiger partial charge in [-0.05, 0) is 30.3 Å². The lowest BCUT2D eigenvalue weighted by atomic mass is 10.1. The molecule has 2 aromatic carbocycles. The third-order valence-corrected chi connectivity index (χ3v) is 3.72.